The Kier molecular flexibility index (Phi) is 25.5. The Hall–Kier alpha value is -1.36. The molecule has 1 aromatic heterocycles. The van der Waals surface area contributed by atoms with Gasteiger partial charge in [-0.15, -0.1) is 0 Å². The van der Waals surface area contributed by atoms with Crippen molar-refractivity contribution in [3.8, 4) is 0 Å². The first-order chi connectivity index (χ1) is 19.7. The van der Waals surface area contributed by atoms with Crippen molar-refractivity contribution < 1.29 is 9.53 Å². The van der Waals surface area contributed by atoms with Gasteiger partial charge in [-0.1, -0.05) is 124 Å². The van der Waals surface area contributed by atoms with Gasteiger partial charge in [0.2, 0.25) is 0 Å². The maximum absolute atomic E-state index is 12.9. The van der Waals surface area contributed by atoms with Crippen LogP contribution in [0.5, 0.6) is 0 Å². The van der Waals surface area contributed by atoms with Crippen LogP contribution in [0, 0.1) is 5.92 Å². The molecule has 0 spiro atoms. The van der Waals surface area contributed by atoms with Crippen LogP contribution in [0.1, 0.15) is 162 Å². The van der Waals surface area contributed by atoms with Crippen LogP contribution in [0.2, 0.25) is 0 Å². The van der Waals surface area contributed by atoms with Gasteiger partial charge < -0.3 is 14.2 Å². The van der Waals surface area contributed by atoms with Gasteiger partial charge in [-0.05, 0) is 58.2 Å². The van der Waals surface area contributed by atoms with Crippen LogP contribution >= 0.6 is 0 Å². The Morgan fingerprint density at radius 2 is 1.18 bits per heavy atom. The third-order valence-corrected chi connectivity index (χ3v) is 8.29. The molecular formula is C35H67N3O2. The average Bonchev–Trinajstić information content (AvgIpc) is 3.48. The summed E-state index contributed by atoms with van der Waals surface area (Å²) in [7, 11) is 0. The molecule has 0 saturated heterocycles. The third-order valence-electron chi connectivity index (χ3n) is 8.29. The number of imidazole rings is 1. The van der Waals surface area contributed by atoms with Crippen LogP contribution in [0.3, 0.4) is 0 Å². The standard InChI is InChI=1S/C35H67N3O2/c1-4-7-10-13-14-19-25-34(24-18-12-9-6-3)35(39)40-32-22-17-16-21-28-37(27-20-15-11-8-5-2)29-23-30-38-31-26-36-33-38/h26,31,33-34H,4-25,27-30,32H2,1-3H3. The molecule has 0 aromatic carbocycles. The minimum absolute atomic E-state index is 0.0807. The average molecular weight is 562 g/mol. The highest BCUT2D eigenvalue weighted by molar-refractivity contribution is 5.72. The zero-order valence-corrected chi connectivity index (χ0v) is 27.1. The SMILES string of the molecule is CCCCCCCCC(CCCCCC)C(=O)OCCCCCCN(CCCCCCC)CCCn1ccnc1. The summed E-state index contributed by atoms with van der Waals surface area (Å²) in [6.07, 6.45) is 33.1. The van der Waals surface area contributed by atoms with Gasteiger partial charge >= 0.3 is 5.97 Å². The van der Waals surface area contributed by atoms with Gasteiger partial charge in [0.05, 0.1) is 18.9 Å². The van der Waals surface area contributed by atoms with Crippen molar-refractivity contribution in [1.82, 2.24) is 14.5 Å². The Bertz CT molecular complexity index is 649. The van der Waals surface area contributed by atoms with Crippen LogP contribution in [-0.2, 0) is 16.1 Å². The number of unbranched alkanes of at least 4 members (excludes halogenated alkanes) is 15. The van der Waals surface area contributed by atoms with E-state index in [2.05, 4.69) is 41.4 Å². The molecular weight excluding hydrogens is 494 g/mol. The first-order valence-corrected chi connectivity index (χ1v) is 17.6. The van der Waals surface area contributed by atoms with Gasteiger partial charge in [0.15, 0.2) is 0 Å². The molecule has 0 N–H and O–H groups in total. The van der Waals surface area contributed by atoms with Crippen LogP contribution in [0.25, 0.3) is 0 Å². The number of hydrogen-bond donors (Lipinski definition) is 0. The Labute approximate surface area is 249 Å². The number of hydrogen-bond acceptors (Lipinski definition) is 4. The van der Waals surface area contributed by atoms with E-state index in [-0.39, 0.29) is 11.9 Å². The largest absolute Gasteiger partial charge is 0.465 e. The second-order valence-corrected chi connectivity index (χ2v) is 12.1. The van der Waals surface area contributed by atoms with Crippen LogP contribution in [0.15, 0.2) is 18.7 Å². The summed E-state index contributed by atoms with van der Waals surface area (Å²) in [4.78, 5) is 19.7. The van der Waals surface area contributed by atoms with E-state index in [1.807, 2.05) is 12.5 Å². The lowest BCUT2D eigenvalue weighted by Crippen LogP contribution is -2.28. The zero-order chi connectivity index (χ0) is 28.9. The molecule has 1 unspecified atom stereocenters. The van der Waals surface area contributed by atoms with Crippen molar-refractivity contribution in [2.75, 3.05) is 26.2 Å². The van der Waals surface area contributed by atoms with Gasteiger partial charge in [0.1, 0.15) is 0 Å². The van der Waals surface area contributed by atoms with E-state index in [1.165, 1.54) is 135 Å². The molecule has 0 saturated carbocycles. The molecule has 0 aliphatic rings. The molecule has 0 radical (unpaired) electrons. The van der Waals surface area contributed by atoms with E-state index in [4.69, 9.17) is 4.74 Å². The fourth-order valence-electron chi connectivity index (χ4n) is 5.62. The maximum atomic E-state index is 12.9. The lowest BCUT2D eigenvalue weighted by atomic mass is 9.94. The highest BCUT2D eigenvalue weighted by Gasteiger charge is 2.19. The number of aryl methyl sites for hydroxylation is 1. The summed E-state index contributed by atoms with van der Waals surface area (Å²) in [5, 5.41) is 0. The Morgan fingerprint density at radius 3 is 1.75 bits per heavy atom. The van der Waals surface area contributed by atoms with Crippen molar-refractivity contribution in [3.63, 3.8) is 0 Å². The zero-order valence-electron chi connectivity index (χ0n) is 27.1. The van der Waals surface area contributed by atoms with Gasteiger partial charge in [-0.2, -0.15) is 0 Å². The molecule has 1 heterocycles. The lowest BCUT2D eigenvalue weighted by molar-refractivity contribution is -0.149. The van der Waals surface area contributed by atoms with Crippen LogP contribution in [-0.4, -0.2) is 46.7 Å². The smallest absolute Gasteiger partial charge is 0.308 e. The summed E-state index contributed by atoms with van der Waals surface area (Å²) in [5.41, 5.74) is 0. The Morgan fingerprint density at radius 1 is 0.675 bits per heavy atom. The first-order valence-electron chi connectivity index (χ1n) is 17.6. The third kappa shape index (κ3) is 21.4. The number of nitrogens with zero attached hydrogens (tertiary/aromatic N) is 3. The van der Waals surface area contributed by atoms with E-state index in [9.17, 15) is 4.79 Å². The van der Waals surface area contributed by atoms with Crippen molar-refractivity contribution in [3.05, 3.63) is 18.7 Å². The van der Waals surface area contributed by atoms with Crippen molar-refractivity contribution in [2.45, 2.75) is 169 Å². The monoisotopic (exact) mass is 562 g/mol. The molecule has 0 fully saturated rings. The summed E-state index contributed by atoms with van der Waals surface area (Å²) < 4.78 is 7.99. The van der Waals surface area contributed by atoms with Crippen molar-refractivity contribution >= 4 is 5.97 Å². The Balaban J connectivity index is 2.25. The van der Waals surface area contributed by atoms with Crippen molar-refractivity contribution in [2.24, 2.45) is 5.92 Å². The molecule has 0 bridgehead atoms. The quantitative estimate of drug-likeness (QED) is 0.0692. The minimum Gasteiger partial charge on any atom is -0.465 e. The van der Waals surface area contributed by atoms with Crippen LogP contribution in [0.4, 0.5) is 0 Å². The number of carbonyl (C=O) groups excluding carboxylic acids is 1. The molecule has 0 aliphatic carbocycles. The first kappa shape index (κ1) is 36.7. The highest BCUT2D eigenvalue weighted by atomic mass is 16.5. The lowest BCUT2D eigenvalue weighted by Gasteiger charge is -2.22. The fourth-order valence-corrected chi connectivity index (χ4v) is 5.62. The molecule has 1 rings (SSSR count). The second kappa shape index (κ2) is 27.8. The number of esters is 1. The summed E-state index contributed by atoms with van der Waals surface area (Å²) >= 11 is 0. The van der Waals surface area contributed by atoms with E-state index >= 15 is 0 Å². The van der Waals surface area contributed by atoms with Crippen molar-refractivity contribution in [1.29, 1.82) is 0 Å². The summed E-state index contributed by atoms with van der Waals surface area (Å²) in [5.74, 6) is 0.202. The number of carbonyl (C=O) groups is 1. The molecule has 234 valence electrons. The van der Waals surface area contributed by atoms with Crippen LogP contribution < -0.4 is 0 Å². The van der Waals surface area contributed by atoms with E-state index in [1.54, 1.807) is 0 Å². The topological polar surface area (TPSA) is 47.4 Å². The molecule has 40 heavy (non-hydrogen) atoms. The molecule has 5 heteroatoms. The summed E-state index contributed by atoms with van der Waals surface area (Å²) in [6.45, 7) is 12.0. The molecule has 1 atom stereocenters. The number of rotatable bonds is 30. The fraction of sp³-hybridized carbons (Fsp3) is 0.886. The predicted octanol–water partition coefficient (Wildman–Crippen LogP) is 9.99. The number of ether oxygens (including phenoxy) is 1. The minimum atomic E-state index is 0.0807. The molecule has 1 aromatic rings. The highest BCUT2D eigenvalue weighted by Crippen LogP contribution is 2.21. The normalized spacial score (nSPS) is 12.3. The molecule has 0 aliphatic heterocycles. The predicted molar refractivity (Wildman–Crippen MR) is 172 cm³/mol. The van der Waals surface area contributed by atoms with E-state index < -0.39 is 0 Å². The van der Waals surface area contributed by atoms with Gasteiger partial charge in [0, 0.05) is 18.9 Å². The molecule has 0 amide bonds. The van der Waals surface area contributed by atoms with Gasteiger partial charge in [-0.3, -0.25) is 4.79 Å². The second-order valence-electron chi connectivity index (χ2n) is 12.1. The molecule has 5 nitrogen and oxygen atoms in total. The maximum Gasteiger partial charge on any atom is 0.308 e. The van der Waals surface area contributed by atoms with E-state index in [0.29, 0.717) is 6.61 Å². The number of aromatic nitrogens is 2. The van der Waals surface area contributed by atoms with Gasteiger partial charge in [-0.25, -0.2) is 4.98 Å². The van der Waals surface area contributed by atoms with E-state index in [0.717, 1.165) is 32.2 Å². The summed E-state index contributed by atoms with van der Waals surface area (Å²) in [6, 6.07) is 0. The van der Waals surface area contributed by atoms with Gasteiger partial charge in [0.25, 0.3) is 0 Å².